The Kier molecular flexibility index (Phi) is 6.22. The summed E-state index contributed by atoms with van der Waals surface area (Å²) < 4.78 is 29.0. The van der Waals surface area contributed by atoms with Gasteiger partial charge in [-0.25, -0.2) is 13.2 Å². The van der Waals surface area contributed by atoms with Crippen molar-refractivity contribution in [3.8, 4) is 5.75 Å². The van der Waals surface area contributed by atoms with Gasteiger partial charge in [-0.2, -0.15) is 0 Å². The number of rotatable bonds is 7. The number of amides is 1. The van der Waals surface area contributed by atoms with E-state index in [4.69, 9.17) is 9.84 Å². The van der Waals surface area contributed by atoms with Crippen LogP contribution in [0.15, 0.2) is 41.3 Å². The highest BCUT2D eigenvalue weighted by atomic mass is 32.2. The Morgan fingerprint density at radius 3 is 2.41 bits per heavy atom. The lowest BCUT2D eigenvalue weighted by molar-refractivity contribution is -0.139. The van der Waals surface area contributed by atoms with Gasteiger partial charge in [-0.15, -0.1) is 0 Å². The van der Waals surface area contributed by atoms with E-state index >= 15 is 0 Å². The number of carbonyl (C=O) groups excluding carboxylic acids is 1. The molecule has 0 unspecified atom stereocenters. The molecule has 0 heterocycles. The molecule has 1 amide bonds. The first-order valence-corrected chi connectivity index (χ1v) is 10.1. The number of sulfone groups is 1. The van der Waals surface area contributed by atoms with Gasteiger partial charge in [-0.3, -0.25) is 4.79 Å². The van der Waals surface area contributed by atoms with Crippen LogP contribution in [-0.2, 0) is 21.1 Å². The van der Waals surface area contributed by atoms with Gasteiger partial charge in [0.15, 0.2) is 16.4 Å². The molecule has 0 aliphatic carbocycles. The maximum atomic E-state index is 12.5. The number of nitrogens with one attached hydrogen (secondary N) is 1. The summed E-state index contributed by atoms with van der Waals surface area (Å²) in [6, 6.07) is 9.36. The van der Waals surface area contributed by atoms with E-state index in [0.29, 0.717) is 29.0 Å². The van der Waals surface area contributed by atoms with Crippen molar-refractivity contribution in [2.45, 2.75) is 25.2 Å². The van der Waals surface area contributed by atoms with Crippen LogP contribution >= 0.6 is 0 Å². The number of hydrogen-bond acceptors (Lipinski definition) is 5. The average Bonchev–Trinajstić information content (AvgIpc) is 2.60. The van der Waals surface area contributed by atoms with Crippen LogP contribution < -0.4 is 10.1 Å². The molecular formula is C19H21NO6S. The van der Waals surface area contributed by atoms with E-state index in [1.54, 1.807) is 37.3 Å². The van der Waals surface area contributed by atoms with Crippen LogP contribution in [0.2, 0.25) is 0 Å². The Bertz CT molecular complexity index is 982. The Hall–Kier alpha value is -2.87. The number of carboxylic acid groups (broad SMARTS) is 1. The van der Waals surface area contributed by atoms with Gasteiger partial charge in [0, 0.05) is 17.5 Å². The van der Waals surface area contributed by atoms with E-state index in [9.17, 15) is 18.0 Å². The summed E-state index contributed by atoms with van der Waals surface area (Å²) in [7, 11) is -3.45. The molecule has 2 N–H and O–H groups in total. The first kappa shape index (κ1) is 20.4. The van der Waals surface area contributed by atoms with Crippen molar-refractivity contribution in [1.82, 2.24) is 0 Å². The quantitative estimate of drug-likeness (QED) is 0.751. The fourth-order valence-electron chi connectivity index (χ4n) is 2.54. The second-order valence-electron chi connectivity index (χ2n) is 6.06. The average molecular weight is 391 g/mol. The molecular weight excluding hydrogens is 370 g/mol. The molecule has 27 heavy (non-hydrogen) atoms. The van der Waals surface area contributed by atoms with Crippen LogP contribution in [0.5, 0.6) is 5.75 Å². The number of anilines is 1. The van der Waals surface area contributed by atoms with E-state index < -0.39 is 28.3 Å². The lowest BCUT2D eigenvalue weighted by Crippen LogP contribution is -2.14. The van der Waals surface area contributed by atoms with E-state index in [1.165, 1.54) is 6.07 Å². The molecule has 0 aliphatic rings. The smallest absolute Gasteiger partial charge is 0.341 e. The predicted octanol–water partition coefficient (Wildman–Crippen LogP) is 2.68. The van der Waals surface area contributed by atoms with Crippen molar-refractivity contribution in [3.63, 3.8) is 0 Å². The zero-order valence-corrected chi connectivity index (χ0v) is 16.1. The van der Waals surface area contributed by atoms with E-state index in [2.05, 4.69) is 5.32 Å². The van der Waals surface area contributed by atoms with Crippen LogP contribution in [0.1, 0.15) is 28.4 Å². The van der Waals surface area contributed by atoms with Crippen molar-refractivity contribution < 1.29 is 27.9 Å². The van der Waals surface area contributed by atoms with E-state index in [1.807, 2.05) is 6.92 Å². The number of carboxylic acids is 1. The second-order valence-corrected chi connectivity index (χ2v) is 8.05. The molecule has 2 aromatic rings. The largest absolute Gasteiger partial charge is 0.482 e. The first-order valence-electron chi connectivity index (χ1n) is 8.21. The Balaban J connectivity index is 2.23. The zero-order chi connectivity index (χ0) is 20.2. The van der Waals surface area contributed by atoms with Crippen LogP contribution in [0, 0.1) is 6.92 Å². The molecule has 0 bridgehead atoms. The predicted molar refractivity (Wildman–Crippen MR) is 101 cm³/mol. The van der Waals surface area contributed by atoms with Gasteiger partial charge in [0.2, 0.25) is 0 Å². The van der Waals surface area contributed by atoms with Crippen LogP contribution in [-0.4, -0.2) is 38.3 Å². The van der Waals surface area contributed by atoms with Crippen LogP contribution in [0.4, 0.5) is 5.69 Å². The topological polar surface area (TPSA) is 110 Å². The summed E-state index contributed by atoms with van der Waals surface area (Å²) in [5.74, 6) is -1.15. The van der Waals surface area contributed by atoms with Gasteiger partial charge in [0.25, 0.3) is 5.91 Å². The zero-order valence-electron chi connectivity index (χ0n) is 15.3. The van der Waals surface area contributed by atoms with Crippen molar-refractivity contribution in [2.75, 3.05) is 18.2 Å². The summed E-state index contributed by atoms with van der Waals surface area (Å²) in [6.45, 7) is 3.13. The molecule has 2 aromatic carbocycles. The number of hydrogen-bond donors (Lipinski definition) is 2. The van der Waals surface area contributed by atoms with Crippen molar-refractivity contribution >= 4 is 27.4 Å². The third kappa shape index (κ3) is 5.30. The normalized spacial score (nSPS) is 11.1. The van der Waals surface area contributed by atoms with E-state index in [0.717, 1.165) is 6.26 Å². The van der Waals surface area contributed by atoms with Crippen LogP contribution in [0.25, 0.3) is 0 Å². The number of aliphatic carboxylic acids is 1. The van der Waals surface area contributed by atoms with Gasteiger partial charge < -0.3 is 15.2 Å². The Morgan fingerprint density at radius 2 is 1.85 bits per heavy atom. The maximum Gasteiger partial charge on any atom is 0.341 e. The monoisotopic (exact) mass is 391 g/mol. The van der Waals surface area contributed by atoms with Gasteiger partial charge in [-0.05, 0) is 54.8 Å². The molecule has 0 spiro atoms. The highest BCUT2D eigenvalue weighted by molar-refractivity contribution is 7.90. The second kappa shape index (κ2) is 8.22. The molecule has 0 aliphatic heterocycles. The Morgan fingerprint density at radius 1 is 1.15 bits per heavy atom. The first-order chi connectivity index (χ1) is 12.6. The third-order valence-electron chi connectivity index (χ3n) is 3.92. The fraction of sp³-hybridized carbons (Fsp3) is 0.263. The summed E-state index contributed by atoms with van der Waals surface area (Å²) >= 11 is 0. The lowest BCUT2D eigenvalue weighted by Gasteiger charge is -2.12. The fourth-order valence-corrected chi connectivity index (χ4v) is 3.57. The minimum atomic E-state index is -3.45. The number of ether oxygens (including phenoxy) is 1. The van der Waals surface area contributed by atoms with Crippen molar-refractivity contribution in [1.29, 1.82) is 0 Å². The molecule has 0 saturated carbocycles. The Labute approximate surface area is 157 Å². The molecule has 144 valence electrons. The number of benzene rings is 2. The van der Waals surface area contributed by atoms with Gasteiger partial charge >= 0.3 is 5.97 Å². The number of carbonyl (C=O) groups is 2. The summed E-state index contributed by atoms with van der Waals surface area (Å²) in [5, 5.41) is 11.4. The minimum absolute atomic E-state index is 0.145. The molecule has 2 rings (SSSR count). The molecule has 0 fully saturated rings. The summed E-state index contributed by atoms with van der Waals surface area (Å²) in [4.78, 5) is 23.2. The highest BCUT2D eigenvalue weighted by Crippen LogP contribution is 2.23. The van der Waals surface area contributed by atoms with E-state index in [-0.39, 0.29) is 10.5 Å². The summed E-state index contributed by atoms with van der Waals surface area (Å²) in [6.07, 6.45) is 1.66. The molecule has 8 heteroatoms. The molecule has 0 atom stereocenters. The number of aryl methyl sites for hydroxylation is 2. The minimum Gasteiger partial charge on any atom is -0.482 e. The lowest BCUT2D eigenvalue weighted by atomic mass is 10.1. The molecule has 7 nitrogen and oxygen atoms in total. The molecule has 0 aromatic heterocycles. The molecule has 0 saturated heterocycles. The highest BCUT2D eigenvalue weighted by Gasteiger charge is 2.16. The van der Waals surface area contributed by atoms with Gasteiger partial charge in [0.05, 0.1) is 4.90 Å². The third-order valence-corrected chi connectivity index (χ3v) is 5.10. The maximum absolute atomic E-state index is 12.5. The standard InChI is InChI=1S/C19H21NO6S/c1-4-13-5-6-14(10-17(13)27(3,24)25)19(23)20-16-8-7-15(9-12(16)2)26-11-18(21)22/h5-10H,4,11H2,1-3H3,(H,20,23)(H,21,22). The van der Waals surface area contributed by atoms with Crippen molar-refractivity contribution in [2.24, 2.45) is 0 Å². The SMILES string of the molecule is CCc1ccc(C(=O)Nc2ccc(OCC(=O)O)cc2C)cc1S(C)(=O)=O. The molecule has 0 radical (unpaired) electrons. The van der Waals surface area contributed by atoms with Crippen molar-refractivity contribution in [3.05, 3.63) is 53.1 Å². The van der Waals surface area contributed by atoms with Crippen LogP contribution in [0.3, 0.4) is 0 Å². The summed E-state index contributed by atoms with van der Waals surface area (Å²) in [5.41, 5.74) is 2.09. The van der Waals surface area contributed by atoms with Gasteiger partial charge in [-0.1, -0.05) is 13.0 Å². The van der Waals surface area contributed by atoms with Gasteiger partial charge in [0.1, 0.15) is 5.75 Å².